The molecule has 0 unspecified atom stereocenters. The van der Waals surface area contributed by atoms with Gasteiger partial charge in [0.15, 0.2) is 0 Å². The van der Waals surface area contributed by atoms with Crippen molar-refractivity contribution < 1.29 is 9.90 Å². The Kier molecular flexibility index (Phi) is 7.61. The first kappa shape index (κ1) is 17.9. The molecule has 1 rings (SSSR count). The van der Waals surface area contributed by atoms with Crippen LogP contribution in [0.2, 0.25) is 0 Å². The molecule has 3 N–H and O–H groups in total. The second-order valence-corrected chi connectivity index (χ2v) is 7.09. The second kappa shape index (κ2) is 8.95. The monoisotopic (exact) mass is 310 g/mol. The number of thioether (sulfide) groups is 1. The molecule has 0 aliphatic heterocycles. The Hall–Kier alpha value is -1.20. The van der Waals surface area contributed by atoms with Crippen LogP contribution in [-0.4, -0.2) is 35.8 Å². The predicted molar refractivity (Wildman–Crippen MR) is 91.2 cm³/mol. The lowest BCUT2D eigenvalue weighted by atomic mass is 9.86. The van der Waals surface area contributed by atoms with E-state index in [4.69, 9.17) is 5.11 Å². The summed E-state index contributed by atoms with van der Waals surface area (Å²) in [6.07, 6.45) is 0.801. The first-order valence-corrected chi connectivity index (χ1v) is 8.43. The van der Waals surface area contributed by atoms with E-state index in [1.54, 1.807) is 11.8 Å². The maximum atomic E-state index is 11.9. The summed E-state index contributed by atoms with van der Waals surface area (Å²) in [6.45, 7) is 7.24. The van der Waals surface area contributed by atoms with Crippen LogP contribution < -0.4 is 10.6 Å². The first-order chi connectivity index (χ1) is 9.95. The molecule has 0 saturated carbocycles. The van der Waals surface area contributed by atoms with Gasteiger partial charge < -0.3 is 15.7 Å². The molecule has 0 aromatic heterocycles. The van der Waals surface area contributed by atoms with Gasteiger partial charge in [0.2, 0.25) is 0 Å². The largest absolute Gasteiger partial charge is 0.396 e. The van der Waals surface area contributed by atoms with Crippen LogP contribution in [0.3, 0.4) is 0 Å². The number of amides is 2. The Bertz CT molecular complexity index is 444. The molecule has 0 saturated heterocycles. The molecular formula is C16H26N2O2S. The van der Waals surface area contributed by atoms with Crippen molar-refractivity contribution in [2.45, 2.75) is 32.6 Å². The van der Waals surface area contributed by atoms with Crippen LogP contribution in [0.15, 0.2) is 24.3 Å². The fraction of sp³-hybridized carbons (Fsp3) is 0.562. The minimum atomic E-state index is -0.172. The number of benzene rings is 1. The summed E-state index contributed by atoms with van der Waals surface area (Å²) in [7, 11) is 0. The van der Waals surface area contributed by atoms with Gasteiger partial charge in [0.25, 0.3) is 0 Å². The maximum absolute atomic E-state index is 11.9. The summed E-state index contributed by atoms with van der Waals surface area (Å²) in [5.41, 5.74) is 1.97. The number of anilines is 1. The van der Waals surface area contributed by atoms with Crippen molar-refractivity contribution in [1.82, 2.24) is 5.32 Å². The summed E-state index contributed by atoms with van der Waals surface area (Å²) in [4.78, 5) is 11.9. The van der Waals surface area contributed by atoms with Crippen LogP contribution in [0.4, 0.5) is 10.5 Å². The van der Waals surface area contributed by atoms with Gasteiger partial charge in [-0.3, -0.25) is 0 Å². The standard InChI is InChI=1S/C16H26N2O2S/c1-16(2,3)13-7-4-5-8-14(13)18-15(20)17-9-12-21-11-6-10-19/h4-5,7-8,19H,6,9-12H2,1-3H3,(H2,17,18,20). The quantitative estimate of drug-likeness (QED) is 0.678. The molecule has 0 fully saturated rings. The van der Waals surface area contributed by atoms with E-state index in [0.717, 1.165) is 29.2 Å². The van der Waals surface area contributed by atoms with E-state index in [1.807, 2.05) is 24.3 Å². The third kappa shape index (κ3) is 6.87. The zero-order valence-corrected chi connectivity index (χ0v) is 13.9. The summed E-state index contributed by atoms with van der Waals surface area (Å²) in [5.74, 6) is 1.78. The van der Waals surface area contributed by atoms with Crippen molar-refractivity contribution >= 4 is 23.5 Å². The molecule has 0 aliphatic carbocycles. The molecule has 1 aromatic carbocycles. The zero-order valence-electron chi connectivity index (χ0n) is 13.1. The highest BCUT2D eigenvalue weighted by Gasteiger charge is 2.18. The Morgan fingerprint density at radius 3 is 2.62 bits per heavy atom. The Morgan fingerprint density at radius 2 is 1.95 bits per heavy atom. The number of carbonyl (C=O) groups excluding carboxylic acids is 1. The van der Waals surface area contributed by atoms with E-state index < -0.39 is 0 Å². The van der Waals surface area contributed by atoms with E-state index in [1.165, 1.54) is 0 Å². The van der Waals surface area contributed by atoms with Gasteiger partial charge in [-0.25, -0.2) is 4.79 Å². The number of rotatable bonds is 7. The van der Waals surface area contributed by atoms with E-state index in [2.05, 4.69) is 31.4 Å². The molecule has 118 valence electrons. The van der Waals surface area contributed by atoms with Gasteiger partial charge in [-0.05, 0) is 29.2 Å². The number of aliphatic hydroxyl groups excluding tert-OH is 1. The molecule has 5 heteroatoms. The third-order valence-corrected chi connectivity index (χ3v) is 4.03. The highest BCUT2D eigenvalue weighted by molar-refractivity contribution is 7.99. The van der Waals surface area contributed by atoms with Crippen molar-refractivity contribution in [2.24, 2.45) is 0 Å². The molecule has 1 aromatic rings. The average molecular weight is 310 g/mol. The van der Waals surface area contributed by atoms with Crippen LogP contribution in [0.1, 0.15) is 32.8 Å². The maximum Gasteiger partial charge on any atom is 0.319 e. The Balaban J connectivity index is 2.42. The topological polar surface area (TPSA) is 61.4 Å². The van der Waals surface area contributed by atoms with E-state index in [0.29, 0.717) is 6.54 Å². The summed E-state index contributed by atoms with van der Waals surface area (Å²) in [5, 5.41) is 14.4. The molecule has 21 heavy (non-hydrogen) atoms. The molecule has 0 spiro atoms. The van der Waals surface area contributed by atoms with Gasteiger partial charge in [-0.1, -0.05) is 39.0 Å². The molecule has 0 heterocycles. The van der Waals surface area contributed by atoms with E-state index in [9.17, 15) is 4.79 Å². The van der Waals surface area contributed by atoms with E-state index >= 15 is 0 Å². The number of urea groups is 1. The van der Waals surface area contributed by atoms with Gasteiger partial charge in [0.1, 0.15) is 0 Å². The number of para-hydroxylation sites is 1. The summed E-state index contributed by atoms with van der Waals surface area (Å²) < 4.78 is 0. The minimum Gasteiger partial charge on any atom is -0.396 e. The Labute approximate surface area is 131 Å². The zero-order chi connectivity index (χ0) is 15.7. The van der Waals surface area contributed by atoms with Gasteiger partial charge >= 0.3 is 6.03 Å². The third-order valence-electron chi connectivity index (χ3n) is 2.96. The molecule has 0 atom stereocenters. The van der Waals surface area contributed by atoms with Crippen molar-refractivity contribution in [2.75, 3.05) is 30.0 Å². The van der Waals surface area contributed by atoms with Crippen LogP contribution >= 0.6 is 11.8 Å². The highest BCUT2D eigenvalue weighted by atomic mass is 32.2. The number of hydrogen-bond donors (Lipinski definition) is 3. The number of aliphatic hydroxyl groups is 1. The van der Waals surface area contributed by atoms with Gasteiger partial charge in [0, 0.05) is 24.6 Å². The fourth-order valence-corrected chi connectivity index (χ4v) is 2.70. The van der Waals surface area contributed by atoms with Crippen LogP contribution in [0.25, 0.3) is 0 Å². The van der Waals surface area contributed by atoms with Gasteiger partial charge in [-0.15, -0.1) is 0 Å². The second-order valence-electron chi connectivity index (χ2n) is 5.87. The first-order valence-electron chi connectivity index (χ1n) is 7.28. The highest BCUT2D eigenvalue weighted by Crippen LogP contribution is 2.29. The summed E-state index contributed by atoms with van der Waals surface area (Å²) >= 11 is 1.73. The molecule has 0 aliphatic rings. The van der Waals surface area contributed by atoms with Crippen molar-refractivity contribution in [3.05, 3.63) is 29.8 Å². The van der Waals surface area contributed by atoms with Crippen molar-refractivity contribution in [1.29, 1.82) is 0 Å². The minimum absolute atomic E-state index is 0.00990. The molecular weight excluding hydrogens is 284 g/mol. The number of carbonyl (C=O) groups is 1. The molecule has 0 bridgehead atoms. The molecule has 4 nitrogen and oxygen atoms in total. The van der Waals surface area contributed by atoms with E-state index in [-0.39, 0.29) is 18.1 Å². The lowest BCUT2D eigenvalue weighted by molar-refractivity contribution is 0.252. The smallest absolute Gasteiger partial charge is 0.319 e. The normalized spacial score (nSPS) is 11.2. The van der Waals surface area contributed by atoms with Crippen molar-refractivity contribution in [3.8, 4) is 0 Å². The van der Waals surface area contributed by atoms with Crippen LogP contribution in [0, 0.1) is 0 Å². The lowest BCUT2D eigenvalue weighted by Gasteiger charge is -2.23. The SMILES string of the molecule is CC(C)(C)c1ccccc1NC(=O)NCCSCCCO. The average Bonchev–Trinajstić information content (AvgIpc) is 2.42. The Morgan fingerprint density at radius 1 is 1.24 bits per heavy atom. The van der Waals surface area contributed by atoms with Gasteiger partial charge in [0.05, 0.1) is 0 Å². The lowest BCUT2D eigenvalue weighted by Crippen LogP contribution is -2.31. The van der Waals surface area contributed by atoms with Crippen LogP contribution in [-0.2, 0) is 5.41 Å². The van der Waals surface area contributed by atoms with Crippen molar-refractivity contribution in [3.63, 3.8) is 0 Å². The fourth-order valence-electron chi connectivity index (χ4n) is 1.92. The number of hydrogen-bond acceptors (Lipinski definition) is 3. The predicted octanol–water partition coefficient (Wildman–Crippen LogP) is 3.22. The summed E-state index contributed by atoms with van der Waals surface area (Å²) in [6, 6.07) is 7.71. The number of nitrogens with one attached hydrogen (secondary N) is 2. The van der Waals surface area contributed by atoms with Gasteiger partial charge in [-0.2, -0.15) is 11.8 Å². The van der Waals surface area contributed by atoms with Crippen LogP contribution in [0.5, 0.6) is 0 Å². The molecule has 0 radical (unpaired) electrons. The molecule has 2 amide bonds.